The molecular formula is C15H15ClN4. The third-order valence-electron chi connectivity index (χ3n) is 3.98. The summed E-state index contributed by atoms with van der Waals surface area (Å²) >= 11 is 6.00. The molecule has 2 aliphatic heterocycles. The van der Waals surface area contributed by atoms with Crippen molar-refractivity contribution in [1.82, 2.24) is 9.97 Å². The van der Waals surface area contributed by atoms with Crippen LogP contribution >= 0.6 is 11.6 Å². The van der Waals surface area contributed by atoms with Gasteiger partial charge in [0, 0.05) is 37.1 Å². The van der Waals surface area contributed by atoms with E-state index in [4.69, 9.17) is 16.6 Å². The van der Waals surface area contributed by atoms with Gasteiger partial charge < -0.3 is 10.2 Å². The second-order valence-corrected chi connectivity index (χ2v) is 5.82. The molecule has 2 aliphatic rings. The average Bonchev–Trinajstić information content (AvgIpc) is 2.47. The zero-order chi connectivity index (χ0) is 13.5. The van der Waals surface area contributed by atoms with Gasteiger partial charge in [0.2, 0.25) is 0 Å². The standard InChI is InChI=1S/C15H15ClN4/c16-11-6-10(7-17-8-11)13-3-4-14-15(19-13)18-12-2-1-5-20(14)9-12/h3-4,6-8,12H,1-2,5,9H2,(H,18,19). The molecule has 1 fully saturated rings. The quantitative estimate of drug-likeness (QED) is 0.874. The summed E-state index contributed by atoms with van der Waals surface area (Å²) < 4.78 is 0. The van der Waals surface area contributed by atoms with E-state index in [1.54, 1.807) is 12.4 Å². The number of nitrogens with zero attached hydrogens (tertiary/aromatic N) is 3. The predicted octanol–water partition coefficient (Wildman–Crippen LogP) is 3.19. The molecule has 1 saturated heterocycles. The fourth-order valence-electron chi connectivity index (χ4n) is 3.03. The third kappa shape index (κ3) is 2.00. The molecule has 1 unspecified atom stereocenters. The third-order valence-corrected chi connectivity index (χ3v) is 4.18. The van der Waals surface area contributed by atoms with Crippen LogP contribution < -0.4 is 10.2 Å². The van der Waals surface area contributed by atoms with Crippen LogP contribution in [0.25, 0.3) is 11.3 Å². The number of rotatable bonds is 1. The van der Waals surface area contributed by atoms with Crippen molar-refractivity contribution in [2.75, 3.05) is 23.3 Å². The highest BCUT2D eigenvalue weighted by Crippen LogP contribution is 2.35. The minimum atomic E-state index is 0.525. The number of fused-ring (bicyclic) bond motifs is 4. The maximum Gasteiger partial charge on any atom is 0.150 e. The van der Waals surface area contributed by atoms with Gasteiger partial charge in [0.15, 0.2) is 5.82 Å². The van der Waals surface area contributed by atoms with E-state index in [1.165, 1.54) is 18.5 Å². The number of piperidine rings is 1. The van der Waals surface area contributed by atoms with Crippen LogP contribution in [0.1, 0.15) is 12.8 Å². The Kier molecular flexibility index (Phi) is 2.77. The van der Waals surface area contributed by atoms with E-state index in [2.05, 4.69) is 21.3 Å². The number of hydrogen-bond donors (Lipinski definition) is 1. The van der Waals surface area contributed by atoms with Crippen molar-refractivity contribution in [1.29, 1.82) is 0 Å². The smallest absolute Gasteiger partial charge is 0.150 e. The molecule has 2 aromatic heterocycles. The van der Waals surface area contributed by atoms with Crippen LogP contribution in [0.5, 0.6) is 0 Å². The zero-order valence-electron chi connectivity index (χ0n) is 11.0. The highest BCUT2D eigenvalue weighted by atomic mass is 35.5. The lowest BCUT2D eigenvalue weighted by Gasteiger charge is -2.40. The van der Waals surface area contributed by atoms with Gasteiger partial charge in [-0.05, 0) is 31.0 Å². The zero-order valence-corrected chi connectivity index (χ0v) is 11.8. The lowest BCUT2D eigenvalue weighted by molar-refractivity contribution is 0.516. The summed E-state index contributed by atoms with van der Waals surface area (Å²) in [6, 6.07) is 6.61. The minimum absolute atomic E-state index is 0.525. The number of halogens is 1. The Morgan fingerprint density at radius 3 is 3.15 bits per heavy atom. The van der Waals surface area contributed by atoms with Crippen LogP contribution in [0, 0.1) is 0 Å². The topological polar surface area (TPSA) is 41.1 Å². The van der Waals surface area contributed by atoms with Gasteiger partial charge in [-0.25, -0.2) is 4.98 Å². The van der Waals surface area contributed by atoms with Gasteiger partial charge in [-0.1, -0.05) is 11.6 Å². The summed E-state index contributed by atoms with van der Waals surface area (Å²) in [6.45, 7) is 2.22. The van der Waals surface area contributed by atoms with Crippen LogP contribution in [0.15, 0.2) is 30.6 Å². The minimum Gasteiger partial charge on any atom is -0.366 e. The Hall–Kier alpha value is -1.81. The maximum absolute atomic E-state index is 6.00. The van der Waals surface area contributed by atoms with Gasteiger partial charge in [-0.3, -0.25) is 4.98 Å². The molecule has 102 valence electrons. The maximum atomic E-state index is 6.00. The van der Waals surface area contributed by atoms with Crippen molar-refractivity contribution < 1.29 is 0 Å². The normalized spacial score (nSPS) is 20.2. The first kappa shape index (κ1) is 12.0. The summed E-state index contributed by atoms with van der Waals surface area (Å²) in [5, 5.41) is 4.18. The lowest BCUT2D eigenvalue weighted by atomic mass is 10.0. The van der Waals surface area contributed by atoms with Crippen LogP contribution in [-0.2, 0) is 0 Å². The van der Waals surface area contributed by atoms with Gasteiger partial charge in [-0.2, -0.15) is 0 Å². The van der Waals surface area contributed by atoms with E-state index >= 15 is 0 Å². The van der Waals surface area contributed by atoms with Gasteiger partial charge in [0.25, 0.3) is 0 Å². The molecule has 20 heavy (non-hydrogen) atoms. The molecule has 4 heterocycles. The van der Waals surface area contributed by atoms with Crippen LogP contribution in [0.2, 0.25) is 5.02 Å². The van der Waals surface area contributed by atoms with Crippen molar-refractivity contribution in [2.24, 2.45) is 0 Å². The summed E-state index contributed by atoms with van der Waals surface area (Å²) in [5.74, 6) is 0.985. The van der Waals surface area contributed by atoms with Crippen LogP contribution in [-0.4, -0.2) is 29.1 Å². The van der Waals surface area contributed by atoms with Gasteiger partial charge in [0.05, 0.1) is 16.4 Å². The molecule has 2 bridgehead atoms. The molecule has 4 nitrogen and oxygen atoms in total. The number of pyridine rings is 2. The van der Waals surface area contributed by atoms with Gasteiger partial charge in [0.1, 0.15) is 0 Å². The SMILES string of the molecule is Clc1cncc(-c2ccc3c(n2)NC2CCCN3C2)c1. The first-order valence-electron chi connectivity index (χ1n) is 6.93. The number of hydrogen-bond acceptors (Lipinski definition) is 4. The van der Waals surface area contributed by atoms with E-state index in [9.17, 15) is 0 Å². The molecule has 5 heteroatoms. The molecule has 4 rings (SSSR count). The monoisotopic (exact) mass is 286 g/mol. The molecule has 2 aromatic rings. The summed E-state index contributed by atoms with van der Waals surface area (Å²) in [7, 11) is 0. The average molecular weight is 287 g/mol. The van der Waals surface area contributed by atoms with Gasteiger partial charge in [-0.15, -0.1) is 0 Å². The molecular weight excluding hydrogens is 272 g/mol. The summed E-state index contributed by atoms with van der Waals surface area (Å²) in [4.78, 5) is 11.3. The molecule has 0 aromatic carbocycles. The van der Waals surface area contributed by atoms with Gasteiger partial charge >= 0.3 is 0 Å². The Balaban J connectivity index is 1.76. The number of anilines is 2. The second-order valence-electron chi connectivity index (χ2n) is 5.39. The van der Waals surface area contributed by atoms with E-state index in [0.29, 0.717) is 11.1 Å². The lowest BCUT2D eigenvalue weighted by Crippen LogP contribution is -2.46. The Labute approximate surface area is 122 Å². The molecule has 0 spiro atoms. The highest BCUT2D eigenvalue weighted by Gasteiger charge is 2.28. The van der Waals surface area contributed by atoms with Crippen molar-refractivity contribution in [3.05, 3.63) is 35.6 Å². The highest BCUT2D eigenvalue weighted by molar-refractivity contribution is 6.30. The summed E-state index contributed by atoms with van der Waals surface area (Å²) in [5.41, 5.74) is 3.07. The molecule has 0 radical (unpaired) electrons. The van der Waals surface area contributed by atoms with Crippen molar-refractivity contribution >= 4 is 23.1 Å². The molecule has 1 atom stereocenters. The summed E-state index contributed by atoms with van der Waals surface area (Å²) in [6.07, 6.45) is 5.90. The molecule has 0 saturated carbocycles. The fourth-order valence-corrected chi connectivity index (χ4v) is 3.21. The van der Waals surface area contributed by atoms with E-state index in [0.717, 1.165) is 30.2 Å². The Morgan fingerprint density at radius 1 is 1.30 bits per heavy atom. The first-order valence-corrected chi connectivity index (χ1v) is 7.31. The van der Waals surface area contributed by atoms with Crippen LogP contribution in [0.3, 0.4) is 0 Å². The predicted molar refractivity (Wildman–Crippen MR) is 81.3 cm³/mol. The van der Waals surface area contributed by atoms with Crippen LogP contribution in [0.4, 0.5) is 11.5 Å². The first-order chi connectivity index (χ1) is 9.79. The van der Waals surface area contributed by atoms with Crippen molar-refractivity contribution in [3.8, 4) is 11.3 Å². The van der Waals surface area contributed by atoms with Crippen molar-refractivity contribution in [3.63, 3.8) is 0 Å². The Bertz CT molecular complexity index is 658. The largest absolute Gasteiger partial charge is 0.366 e. The Morgan fingerprint density at radius 2 is 2.25 bits per heavy atom. The molecule has 0 aliphatic carbocycles. The fraction of sp³-hybridized carbons (Fsp3) is 0.333. The number of aromatic nitrogens is 2. The van der Waals surface area contributed by atoms with E-state index in [1.807, 2.05) is 12.1 Å². The molecule has 0 amide bonds. The van der Waals surface area contributed by atoms with E-state index in [-0.39, 0.29) is 0 Å². The van der Waals surface area contributed by atoms with E-state index < -0.39 is 0 Å². The van der Waals surface area contributed by atoms with Crippen molar-refractivity contribution in [2.45, 2.75) is 18.9 Å². The molecule has 1 N–H and O–H groups in total. The second kappa shape index (κ2) is 4.63. The number of nitrogens with one attached hydrogen (secondary N) is 1.